The predicted molar refractivity (Wildman–Crippen MR) is 99.5 cm³/mol. The number of nitrogens with zero attached hydrogens (tertiary/aromatic N) is 2. The standard InChI is InChI=1S/C19H29N5/c1-14-8-11-24(12-15-6-4-3-5-7-15)13-16(14)19(22-2)9-10-23-18(21)17(19)20/h3-7,9-10,14,16-17,22H,8,11-13,20H2,1-2H3,(H2,21,23)/t14-,16+,17?,19?/m1/s1. The number of hydrogen-bond donors (Lipinski definition) is 3. The van der Waals surface area contributed by atoms with Crippen LogP contribution in [-0.2, 0) is 6.54 Å². The molecule has 0 aliphatic carbocycles. The van der Waals surface area contributed by atoms with Crippen molar-refractivity contribution in [1.82, 2.24) is 10.2 Å². The molecule has 2 aliphatic rings. The summed E-state index contributed by atoms with van der Waals surface area (Å²) in [5, 5.41) is 3.48. The lowest BCUT2D eigenvalue weighted by Gasteiger charge is -2.50. The summed E-state index contributed by atoms with van der Waals surface area (Å²) in [5.41, 5.74) is 13.6. The fourth-order valence-corrected chi connectivity index (χ4v) is 4.20. The summed E-state index contributed by atoms with van der Waals surface area (Å²) in [7, 11) is 1.98. The number of likely N-dealkylation sites (tertiary alicyclic amines) is 1. The van der Waals surface area contributed by atoms with Crippen LogP contribution in [0.25, 0.3) is 0 Å². The highest BCUT2D eigenvalue weighted by Gasteiger charge is 2.47. The SMILES string of the molecule is CNC1([C@H]2CN(Cc3ccccc3)CC[C@H]2C)C=CN=C(N)C1N. The zero-order valence-electron chi connectivity index (χ0n) is 14.7. The molecule has 0 bridgehead atoms. The van der Waals surface area contributed by atoms with Crippen molar-refractivity contribution in [3.05, 3.63) is 48.2 Å². The molecule has 2 heterocycles. The van der Waals surface area contributed by atoms with Crippen LogP contribution in [0.15, 0.2) is 47.6 Å². The molecule has 0 saturated carbocycles. The van der Waals surface area contributed by atoms with Crippen LogP contribution in [0.2, 0.25) is 0 Å². The van der Waals surface area contributed by atoms with Crippen molar-refractivity contribution in [2.24, 2.45) is 28.3 Å². The molecule has 5 N–H and O–H groups in total. The van der Waals surface area contributed by atoms with Crippen molar-refractivity contribution in [3.8, 4) is 0 Å². The second-order valence-corrected chi connectivity index (χ2v) is 7.12. The maximum absolute atomic E-state index is 6.47. The number of piperidine rings is 1. The number of benzene rings is 1. The summed E-state index contributed by atoms with van der Waals surface area (Å²) in [5.74, 6) is 1.48. The normalized spacial score (nSPS) is 34.1. The minimum atomic E-state index is -0.333. The Balaban J connectivity index is 1.80. The molecule has 24 heavy (non-hydrogen) atoms. The molecule has 3 rings (SSSR count). The Kier molecular flexibility index (Phi) is 5.04. The van der Waals surface area contributed by atoms with Crippen molar-refractivity contribution in [2.75, 3.05) is 20.1 Å². The molecule has 2 aliphatic heterocycles. The van der Waals surface area contributed by atoms with E-state index in [9.17, 15) is 0 Å². The van der Waals surface area contributed by atoms with E-state index in [1.54, 1.807) is 6.20 Å². The van der Waals surface area contributed by atoms with Gasteiger partial charge in [0.15, 0.2) is 0 Å². The molecule has 1 aromatic rings. The molecule has 130 valence electrons. The molecule has 5 nitrogen and oxygen atoms in total. The second kappa shape index (κ2) is 7.05. The van der Waals surface area contributed by atoms with Gasteiger partial charge >= 0.3 is 0 Å². The lowest BCUT2D eigenvalue weighted by molar-refractivity contribution is 0.0672. The molecule has 0 aromatic heterocycles. The number of amidine groups is 1. The van der Waals surface area contributed by atoms with Crippen LogP contribution in [0, 0.1) is 11.8 Å². The van der Waals surface area contributed by atoms with Gasteiger partial charge in [-0.05, 0) is 43.5 Å². The van der Waals surface area contributed by atoms with Crippen LogP contribution < -0.4 is 16.8 Å². The lowest BCUT2D eigenvalue weighted by atomic mass is 9.68. The van der Waals surface area contributed by atoms with Gasteiger partial charge in [0, 0.05) is 19.3 Å². The van der Waals surface area contributed by atoms with Gasteiger partial charge in [-0.2, -0.15) is 0 Å². The van der Waals surface area contributed by atoms with Crippen molar-refractivity contribution in [1.29, 1.82) is 0 Å². The number of rotatable bonds is 4. The van der Waals surface area contributed by atoms with E-state index in [0.29, 0.717) is 17.7 Å². The Hall–Kier alpha value is -1.69. The highest BCUT2D eigenvalue weighted by atomic mass is 15.2. The largest absolute Gasteiger partial charge is 0.386 e. The molecule has 0 amide bonds. The number of nitrogens with two attached hydrogens (primary N) is 2. The number of aliphatic imine (C=N–C) groups is 1. The van der Waals surface area contributed by atoms with Crippen LogP contribution in [-0.4, -0.2) is 42.5 Å². The molecular formula is C19H29N5. The minimum absolute atomic E-state index is 0.295. The van der Waals surface area contributed by atoms with Crippen LogP contribution in [0.1, 0.15) is 18.9 Å². The molecule has 1 saturated heterocycles. The van der Waals surface area contributed by atoms with Crippen molar-refractivity contribution >= 4 is 5.84 Å². The predicted octanol–water partition coefficient (Wildman–Crippen LogP) is 1.31. The number of hydrogen-bond acceptors (Lipinski definition) is 5. The number of nitrogens with one attached hydrogen (secondary N) is 1. The van der Waals surface area contributed by atoms with Crippen LogP contribution in [0.4, 0.5) is 0 Å². The van der Waals surface area contributed by atoms with Crippen LogP contribution in [0.3, 0.4) is 0 Å². The van der Waals surface area contributed by atoms with E-state index in [2.05, 4.69) is 58.5 Å². The van der Waals surface area contributed by atoms with Gasteiger partial charge in [-0.1, -0.05) is 37.3 Å². The van der Waals surface area contributed by atoms with Gasteiger partial charge < -0.3 is 16.8 Å². The first kappa shape index (κ1) is 17.1. The van der Waals surface area contributed by atoms with E-state index >= 15 is 0 Å². The summed E-state index contributed by atoms with van der Waals surface area (Å²) in [6.07, 6.45) is 5.08. The summed E-state index contributed by atoms with van der Waals surface area (Å²) in [4.78, 5) is 6.73. The first-order valence-electron chi connectivity index (χ1n) is 8.78. The zero-order valence-corrected chi connectivity index (χ0v) is 14.7. The molecule has 4 atom stereocenters. The van der Waals surface area contributed by atoms with Gasteiger partial charge in [0.25, 0.3) is 0 Å². The first-order chi connectivity index (χ1) is 11.6. The summed E-state index contributed by atoms with van der Waals surface area (Å²) in [6, 6.07) is 10.4. The average molecular weight is 327 g/mol. The molecular weight excluding hydrogens is 298 g/mol. The van der Waals surface area contributed by atoms with Gasteiger partial charge in [0.1, 0.15) is 5.84 Å². The topological polar surface area (TPSA) is 79.7 Å². The summed E-state index contributed by atoms with van der Waals surface area (Å²) >= 11 is 0. The average Bonchev–Trinajstić information content (AvgIpc) is 2.60. The molecule has 0 radical (unpaired) electrons. The molecule has 5 heteroatoms. The third kappa shape index (κ3) is 3.11. The van der Waals surface area contributed by atoms with Crippen molar-refractivity contribution in [2.45, 2.75) is 31.5 Å². The van der Waals surface area contributed by atoms with E-state index in [1.165, 1.54) is 12.0 Å². The van der Waals surface area contributed by atoms with E-state index in [1.807, 2.05) is 7.05 Å². The molecule has 1 fully saturated rings. The monoisotopic (exact) mass is 327 g/mol. The Labute approximate surface area is 144 Å². The first-order valence-corrected chi connectivity index (χ1v) is 8.78. The van der Waals surface area contributed by atoms with Crippen molar-refractivity contribution < 1.29 is 0 Å². The third-order valence-corrected chi connectivity index (χ3v) is 5.75. The van der Waals surface area contributed by atoms with Crippen LogP contribution >= 0.6 is 0 Å². The Bertz CT molecular complexity index is 611. The summed E-state index contributed by atoms with van der Waals surface area (Å²) in [6.45, 7) is 5.43. The van der Waals surface area contributed by atoms with Crippen molar-refractivity contribution in [3.63, 3.8) is 0 Å². The maximum atomic E-state index is 6.47. The lowest BCUT2D eigenvalue weighted by Crippen LogP contribution is -2.69. The zero-order chi connectivity index (χ0) is 17.2. The molecule has 1 aromatic carbocycles. The fourth-order valence-electron chi connectivity index (χ4n) is 4.20. The highest BCUT2D eigenvalue weighted by molar-refractivity contribution is 5.89. The summed E-state index contributed by atoms with van der Waals surface area (Å²) < 4.78 is 0. The Morgan fingerprint density at radius 2 is 2.08 bits per heavy atom. The second-order valence-electron chi connectivity index (χ2n) is 7.12. The van der Waals surface area contributed by atoms with E-state index in [-0.39, 0.29) is 11.6 Å². The minimum Gasteiger partial charge on any atom is -0.386 e. The highest BCUT2D eigenvalue weighted by Crippen LogP contribution is 2.36. The van der Waals surface area contributed by atoms with Gasteiger partial charge in [0.2, 0.25) is 0 Å². The third-order valence-electron chi connectivity index (χ3n) is 5.75. The van der Waals surface area contributed by atoms with E-state index in [4.69, 9.17) is 11.5 Å². The maximum Gasteiger partial charge on any atom is 0.118 e. The van der Waals surface area contributed by atoms with E-state index in [0.717, 1.165) is 19.6 Å². The van der Waals surface area contributed by atoms with Crippen LogP contribution in [0.5, 0.6) is 0 Å². The Morgan fingerprint density at radius 1 is 1.33 bits per heavy atom. The van der Waals surface area contributed by atoms with Gasteiger partial charge in [0.05, 0.1) is 11.6 Å². The Morgan fingerprint density at radius 3 is 2.79 bits per heavy atom. The van der Waals surface area contributed by atoms with Gasteiger partial charge in [-0.15, -0.1) is 0 Å². The van der Waals surface area contributed by atoms with Gasteiger partial charge in [-0.3, -0.25) is 4.90 Å². The fraction of sp³-hybridized carbons (Fsp3) is 0.526. The smallest absolute Gasteiger partial charge is 0.118 e. The molecule has 0 spiro atoms. The van der Waals surface area contributed by atoms with Gasteiger partial charge in [-0.25, -0.2) is 4.99 Å². The number of likely N-dealkylation sites (N-methyl/N-ethyl adjacent to an activating group) is 1. The van der Waals surface area contributed by atoms with E-state index < -0.39 is 0 Å². The molecule has 2 unspecified atom stereocenters. The quantitative estimate of drug-likeness (QED) is 0.779.